The molecule has 4 nitrogen and oxygen atoms in total. The van der Waals surface area contributed by atoms with Crippen LogP contribution in [-0.2, 0) is 4.74 Å². The third-order valence-corrected chi connectivity index (χ3v) is 4.13. The van der Waals surface area contributed by atoms with Crippen molar-refractivity contribution >= 4 is 0 Å². The van der Waals surface area contributed by atoms with Gasteiger partial charge in [0.25, 0.3) is 0 Å². The van der Waals surface area contributed by atoms with Crippen LogP contribution in [0.3, 0.4) is 0 Å². The zero-order chi connectivity index (χ0) is 14.8. The van der Waals surface area contributed by atoms with Gasteiger partial charge in [-0.15, -0.1) is 0 Å². The number of rotatable bonds is 4. The van der Waals surface area contributed by atoms with Gasteiger partial charge in [0.2, 0.25) is 0 Å². The molecule has 0 aromatic heterocycles. The van der Waals surface area contributed by atoms with Gasteiger partial charge in [0.1, 0.15) is 11.6 Å². The van der Waals surface area contributed by atoms with Crippen molar-refractivity contribution in [2.45, 2.75) is 25.4 Å². The largest absolute Gasteiger partial charge is 0.497 e. The van der Waals surface area contributed by atoms with Gasteiger partial charge < -0.3 is 15.2 Å². The first-order valence-corrected chi connectivity index (χ1v) is 6.88. The molecule has 0 radical (unpaired) electrons. The van der Waals surface area contributed by atoms with Gasteiger partial charge >= 0.3 is 0 Å². The van der Waals surface area contributed by atoms with Crippen molar-refractivity contribution < 1.29 is 13.9 Å². The molecule has 1 aromatic carbocycles. The van der Waals surface area contributed by atoms with E-state index in [9.17, 15) is 4.39 Å². The van der Waals surface area contributed by atoms with Gasteiger partial charge in [-0.2, -0.15) is 0 Å². The SMILES string of the molecule is COc1ccc(C(N)C(C)(C)N2CCOCC2)c(F)c1. The van der Waals surface area contributed by atoms with E-state index in [4.69, 9.17) is 15.2 Å². The summed E-state index contributed by atoms with van der Waals surface area (Å²) in [6.45, 7) is 7.12. The summed E-state index contributed by atoms with van der Waals surface area (Å²) in [6, 6.07) is 4.42. The van der Waals surface area contributed by atoms with E-state index in [1.165, 1.54) is 13.2 Å². The Morgan fingerprint density at radius 2 is 2.00 bits per heavy atom. The lowest BCUT2D eigenvalue weighted by molar-refractivity contribution is -0.0194. The summed E-state index contributed by atoms with van der Waals surface area (Å²) in [5, 5.41) is 0. The summed E-state index contributed by atoms with van der Waals surface area (Å²) in [4.78, 5) is 2.25. The van der Waals surface area contributed by atoms with Crippen LogP contribution in [0.4, 0.5) is 4.39 Å². The second-order valence-electron chi connectivity index (χ2n) is 5.62. The number of morpholine rings is 1. The number of hydrogen-bond acceptors (Lipinski definition) is 4. The van der Waals surface area contributed by atoms with E-state index >= 15 is 0 Å². The van der Waals surface area contributed by atoms with Crippen LogP contribution in [0.2, 0.25) is 0 Å². The van der Waals surface area contributed by atoms with E-state index in [0.717, 1.165) is 13.1 Å². The fourth-order valence-electron chi connectivity index (χ4n) is 2.60. The molecule has 112 valence electrons. The minimum Gasteiger partial charge on any atom is -0.497 e. The van der Waals surface area contributed by atoms with Gasteiger partial charge in [0.05, 0.1) is 26.4 Å². The lowest BCUT2D eigenvalue weighted by Gasteiger charge is -2.44. The molecule has 1 aliphatic rings. The molecule has 5 heteroatoms. The van der Waals surface area contributed by atoms with Crippen molar-refractivity contribution in [3.05, 3.63) is 29.6 Å². The molecule has 0 spiro atoms. The third-order valence-electron chi connectivity index (χ3n) is 4.13. The first-order valence-electron chi connectivity index (χ1n) is 6.88. The van der Waals surface area contributed by atoms with E-state index in [-0.39, 0.29) is 11.4 Å². The van der Waals surface area contributed by atoms with Crippen LogP contribution < -0.4 is 10.5 Å². The molecule has 1 aliphatic heterocycles. The van der Waals surface area contributed by atoms with Crippen molar-refractivity contribution in [2.75, 3.05) is 33.4 Å². The Morgan fingerprint density at radius 3 is 2.55 bits per heavy atom. The Labute approximate surface area is 119 Å². The number of methoxy groups -OCH3 is 1. The Bertz CT molecular complexity index is 459. The van der Waals surface area contributed by atoms with Crippen molar-refractivity contribution in [1.82, 2.24) is 4.90 Å². The molecule has 1 atom stereocenters. The monoisotopic (exact) mass is 282 g/mol. The number of ether oxygens (including phenoxy) is 2. The molecule has 1 heterocycles. The third kappa shape index (κ3) is 2.95. The highest BCUT2D eigenvalue weighted by atomic mass is 19.1. The topological polar surface area (TPSA) is 47.7 Å². The lowest BCUT2D eigenvalue weighted by atomic mass is 9.87. The van der Waals surface area contributed by atoms with Crippen molar-refractivity contribution in [1.29, 1.82) is 0 Å². The number of halogens is 1. The molecule has 1 unspecified atom stereocenters. The van der Waals surface area contributed by atoms with Crippen LogP contribution in [0, 0.1) is 5.82 Å². The normalized spacial score (nSPS) is 18.9. The molecule has 2 rings (SSSR count). The second-order valence-corrected chi connectivity index (χ2v) is 5.62. The zero-order valence-corrected chi connectivity index (χ0v) is 12.4. The fraction of sp³-hybridized carbons (Fsp3) is 0.600. The standard InChI is InChI=1S/C15H23FN2O2/c1-15(2,18-6-8-20-9-7-18)14(17)12-5-4-11(19-3)10-13(12)16/h4-5,10,14H,6-9,17H2,1-3H3. The van der Waals surface area contributed by atoms with Crippen LogP contribution in [0.5, 0.6) is 5.75 Å². The average Bonchev–Trinajstić information content (AvgIpc) is 2.47. The van der Waals surface area contributed by atoms with E-state index in [1.54, 1.807) is 12.1 Å². The summed E-state index contributed by atoms with van der Waals surface area (Å²) >= 11 is 0. The van der Waals surface area contributed by atoms with Gasteiger partial charge in [-0.3, -0.25) is 4.90 Å². The predicted molar refractivity (Wildman–Crippen MR) is 76.4 cm³/mol. The second kappa shape index (κ2) is 6.08. The van der Waals surface area contributed by atoms with E-state index in [0.29, 0.717) is 24.5 Å². The maximum atomic E-state index is 14.2. The lowest BCUT2D eigenvalue weighted by Crippen LogP contribution is -2.55. The van der Waals surface area contributed by atoms with Gasteiger partial charge in [0.15, 0.2) is 0 Å². The summed E-state index contributed by atoms with van der Waals surface area (Å²) in [5.74, 6) is 0.181. The maximum absolute atomic E-state index is 14.2. The molecule has 1 aromatic rings. The van der Waals surface area contributed by atoms with Crippen LogP contribution >= 0.6 is 0 Å². The van der Waals surface area contributed by atoms with Crippen LogP contribution in [-0.4, -0.2) is 43.9 Å². The minimum atomic E-state index is -0.411. The zero-order valence-electron chi connectivity index (χ0n) is 12.4. The van der Waals surface area contributed by atoms with E-state index < -0.39 is 6.04 Å². The van der Waals surface area contributed by atoms with E-state index in [1.807, 2.05) is 13.8 Å². The van der Waals surface area contributed by atoms with Crippen molar-refractivity contribution in [3.8, 4) is 5.75 Å². The quantitative estimate of drug-likeness (QED) is 0.917. The summed E-state index contributed by atoms with van der Waals surface area (Å²) in [5.41, 5.74) is 6.51. The maximum Gasteiger partial charge on any atom is 0.131 e. The molecule has 0 bridgehead atoms. The van der Waals surface area contributed by atoms with Crippen molar-refractivity contribution in [3.63, 3.8) is 0 Å². The molecule has 0 saturated carbocycles. The Morgan fingerprint density at radius 1 is 1.35 bits per heavy atom. The van der Waals surface area contributed by atoms with Gasteiger partial charge in [0, 0.05) is 30.3 Å². The Kier molecular flexibility index (Phi) is 4.62. The molecular weight excluding hydrogens is 259 g/mol. The predicted octanol–water partition coefficient (Wildman–Crippen LogP) is 1.94. The highest BCUT2D eigenvalue weighted by Crippen LogP contribution is 2.32. The first-order chi connectivity index (χ1) is 9.46. The average molecular weight is 282 g/mol. The van der Waals surface area contributed by atoms with Crippen LogP contribution in [0.1, 0.15) is 25.5 Å². The van der Waals surface area contributed by atoms with Gasteiger partial charge in [-0.25, -0.2) is 4.39 Å². The van der Waals surface area contributed by atoms with Gasteiger partial charge in [-0.1, -0.05) is 6.07 Å². The molecule has 20 heavy (non-hydrogen) atoms. The number of benzene rings is 1. The minimum absolute atomic E-state index is 0.321. The van der Waals surface area contributed by atoms with Gasteiger partial charge in [-0.05, 0) is 19.9 Å². The Balaban J connectivity index is 2.22. The van der Waals surface area contributed by atoms with Crippen molar-refractivity contribution in [2.24, 2.45) is 5.73 Å². The fourth-order valence-corrected chi connectivity index (χ4v) is 2.60. The smallest absolute Gasteiger partial charge is 0.131 e. The molecular formula is C15H23FN2O2. The molecule has 0 amide bonds. The number of nitrogens with two attached hydrogens (primary N) is 1. The summed E-state index contributed by atoms with van der Waals surface area (Å²) in [6.07, 6.45) is 0. The van der Waals surface area contributed by atoms with E-state index in [2.05, 4.69) is 4.90 Å². The highest BCUT2D eigenvalue weighted by molar-refractivity contribution is 5.32. The first kappa shape index (κ1) is 15.2. The molecule has 0 aliphatic carbocycles. The van der Waals surface area contributed by atoms with Crippen LogP contribution in [0.25, 0.3) is 0 Å². The number of hydrogen-bond donors (Lipinski definition) is 1. The Hall–Kier alpha value is -1.17. The number of nitrogens with zero attached hydrogens (tertiary/aromatic N) is 1. The van der Waals surface area contributed by atoms with Crippen LogP contribution in [0.15, 0.2) is 18.2 Å². The molecule has 1 saturated heterocycles. The highest BCUT2D eigenvalue weighted by Gasteiger charge is 2.36. The molecule has 1 fully saturated rings. The molecule has 2 N–H and O–H groups in total. The summed E-state index contributed by atoms with van der Waals surface area (Å²) in [7, 11) is 1.52. The summed E-state index contributed by atoms with van der Waals surface area (Å²) < 4.78 is 24.6.